The first-order valence-corrected chi connectivity index (χ1v) is 7.79. The summed E-state index contributed by atoms with van der Waals surface area (Å²) in [6.45, 7) is 0.563. The van der Waals surface area contributed by atoms with Crippen LogP contribution in [0.2, 0.25) is 0 Å². The van der Waals surface area contributed by atoms with Crippen molar-refractivity contribution in [1.29, 1.82) is 0 Å². The van der Waals surface area contributed by atoms with Crippen LogP contribution in [0.3, 0.4) is 0 Å². The highest BCUT2D eigenvalue weighted by Gasteiger charge is 2.48. The molecule has 1 N–H and O–H groups in total. The van der Waals surface area contributed by atoms with E-state index in [1.807, 2.05) is 4.90 Å². The molecule has 1 saturated heterocycles. The maximum absolute atomic E-state index is 13.0. The number of amides is 2. The Morgan fingerprint density at radius 2 is 1.90 bits per heavy atom. The van der Waals surface area contributed by atoms with E-state index in [-0.39, 0.29) is 24.0 Å². The summed E-state index contributed by atoms with van der Waals surface area (Å²) in [6, 6.07) is 0.263. The van der Waals surface area contributed by atoms with Gasteiger partial charge in [0.15, 0.2) is 0 Å². The average Bonchev–Trinajstić information content (AvgIpc) is 2.51. The van der Waals surface area contributed by atoms with E-state index in [2.05, 4.69) is 5.32 Å². The van der Waals surface area contributed by atoms with Gasteiger partial charge in [-0.2, -0.15) is 0 Å². The zero-order chi connectivity index (χ0) is 14.2. The Morgan fingerprint density at radius 1 is 1.20 bits per heavy atom. The van der Waals surface area contributed by atoms with E-state index in [0.717, 1.165) is 38.5 Å². The fourth-order valence-corrected chi connectivity index (χ4v) is 3.81. The van der Waals surface area contributed by atoms with Gasteiger partial charge in [-0.25, -0.2) is 0 Å². The standard InChI is InChI=1S/C15H24N2O3/c1-20-12-9-11(10-12)17-8-5-13(18)16-15(14(17)19)6-3-2-4-7-15/h11-12H,2-10H2,1H3,(H,16,18). The number of hydrogen-bond acceptors (Lipinski definition) is 3. The maximum atomic E-state index is 13.0. The first kappa shape index (κ1) is 13.9. The molecule has 0 aromatic carbocycles. The first-order chi connectivity index (χ1) is 9.64. The molecule has 0 aromatic rings. The van der Waals surface area contributed by atoms with Gasteiger partial charge >= 0.3 is 0 Å². The van der Waals surface area contributed by atoms with E-state index < -0.39 is 5.54 Å². The fourth-order valence-electron chi connectivity index (χ4n) is 3.81. The predicted octanol–water partition coefficient (Wildman–Crippen LogP) is 1.22. The fraction of sp³-hybridized carbons (Fsp3) is 0.867. The van der Waals surface area contributed by atoms with Gasteiger partial charge in [0, 0.05) is 26.1 Å². The molecule has 5 heteroatoms. The summed E-state index contributed by atoms with van der Waals surface area (Å²) in [5.41, 5.74) is -0.607. The summed E-state index contributed by atoms with van der Waals surface area (Å²) in [6.07, 6.45) is 7.36. The van der Waals surface area contributed by atoms with E-state index in [1.54, 1.807) is 7.11 Å². The summed E-state index contributed by atoms with van der Waals surface area (Å²) >= 11 is 0. The lowest BCUT2D eigenvalue weighted by Gasteiger charge is -2.45. The third kappa shape index (κ3) is 2.32. The van der Waals surface area contributed by atoms with Crippen molar-refractivity contribution < 1.29 is 14.3 Å². The SMILES string of the molecule is COC1CC(N2CCC(=O)NC3(CCCCC3)C2=O)C1. The van der Waals surface area contributed by atoms with Crippen LogP contribution in [-0.2, 0) is 14.3 Å². The molecule has 5 nitrogen and oxygen atoms in total. The Labute approximate surface area is 120 Å². The normalized spacial score (nSPS) is 33.5. The number of nitrogens with one attached hydrogen (secondary N) is 1. The summed E-state index contributed by atoms with van der Waals surface area (Å²) < 4.78 is 5.31. The molecule has 3 aliphatic rings. The zero-order valence-electron chi connectivity index (χ0n) is 12.2. The molecule has 1 spiro atoms. The third-order valence-electron chi connectivity index (χ3n) is 5.18. The van der Waals surface area contributed by atoms with Gasteiger partial charge in [0.2, 0.25) is 11.8 Å². The molecule has 20 heavy (non-hydrogen) atoms. The molecule has 3 fully saturated rings. The summed E-state index contributed by atoms with van der Waals surface area (Å²) in [4.78, 5) is 26.9. The quantitative estimate of drug-likeness (QED) is 0.827. The second kappa shape index (κ2) is 5.35. The number of methoxy groups -OCH3 is 1. The predicted molar refractivity (Wildman–Crippen MR) is 74.1 cm³/mol. The second-order valence-electron chi connectivity index (χ2n) is 6.42. The van der Waals surface area contributed by atoms with Crippen molar-refractivity contribution in [3.8, 4) is 0 Å². The van der Waals surface area contributed by atoms with Gasteiger partial charge in [-0.3, -0.25) is 9.59 Å². The average molecular weight is 280 g/mol. The van der Waals surface area contributed by atoms with E-state index in [9.17, 15) is 9.59 Å². The molecule has 0 atom stereocenters. The molecule has 2 amide bonds. The van der Waals surface area contributed by atoms with Crippen molar-refractivity contribution in [2.24, 2.45) is 0 Å². The molecule has 3 rings (SSSR count). The van der Waals surface area contributed by atoms with Gasteiger partial charge in [-0.05, 0) is 25.7 Å². The summed E-state index contributed by atoms with van der Waals surface area (Å²) in [5.74, 6) is 0.188. The smallest absolute Gasteiger partial charge is 0.248 e. The van der Waals surface area contributed by atoms with E-state index in [1.165, 1.54) is 6.42 Å². The second-order valence-corrected chi connectivity index (χ2v) is 6.42. The van der Waals surface area contributed by atoms with Crippen molar-refractivity contribution in [2.45, 2.75) is 69.1 Å². The molecule has 0 aromatic heterocycles. The minimum atomic E-state index is -0.607. The minimum absolute atomic E-state index is 0.0327. The highest BCUT2D eigenvalue weighted by atomic mass is 16.5. The lowest BCUT2D eigenvalue weighted by molar-refractivity contribution is -0.147. The Bertz CT molecular complexity index is 398. The minimum Gasteiger partial charge on any atom is -0.381 e. The van der Waals surface area contributed by atoms with Crippen LogP contribution in [0.15, 0.2) is 0 Å². The molecule has 112 valence electrons. The molecule has 2 aliphatic carbocycles. The molecular formula is C15H24N2O3. The van der Waals surface area contributed by atoms with Gasteiger partial charge in [-0.15, -0.1) is 0 Å². The lowest BCUT2D eigenvalue weighted by Crippen LogP contribution is -2.61. The number of carbonyl (C=O) groups excluding carboxylic acids is 2. The Kier molecular flexibility index (Phi) is 3.71. The van der Waals surface area contributed by atoms with Gasteiger partial charge in [0.1, 0.15) is 5.54 Å². The van der Waals surface area contributed by atoms with Crippen molar-refractivity contribution in [3.05, 3.63) is 0 Å². The van der Waals surface area contributed by atoms with Crippen LogP contribution in [-0.4, -0.2) is 48.1 Å². The topological polar surface area (TPSA) is 58.6 Å². The largest absolute Gasteiger partial charge is 0.381 e. The van der Waals surface area contributed by atoms with Gasteiger partial charge in [-0.1, -0.05) is 19.3 Å². The van der Waals surface area contributed by atoms with Crippen LogP contribution < -0.4 is 5.32 Å². The van der Waals surface area contributed by atoms with E-state index in [0.29, 0.717) is 13.0 Å². The molecule has 2 saturated carbocycles. The summed E-state index contributed by atoms with van der Waals surface area (Å²) in [5, 5.41) is 3.04. The molecule has 1 heterocycles. The van der Waals surface area contributed by atoms with Gasteiger partial charge in [0.05, 0.1) is 6.10 Å². The monoisotopic (exact) mass is 280 g/mol. The Morgan fingerprint density at radius 3 is 2.55 bits per heavy atom. The maximum Gasteiger partial charge on any atom is 0.248 e. The van der Waals surface area contributed by atoms with Crippen LogP contribution in [0.5, 0.6) is 0 Å². The van der Waals surface area contributed by atoms with Crippen LogP contribution in [0.25, 0.3) is 0 Å². The highest BCUT2D eigenvalue weighted by Crippen LogP contribution is 2.36. The zero-order valence-corrected chi connectivity index (χ0v) is 12.2. The van der Waals surface area contributed by atoms with Gasteiger partial charge < -0.3 is 15.0 Å². The number of nitrogens with zero attached hydrogens (tertiary/aromatic N) is 1. The van der Waals surface area contributed by atoms with Crippen molar-refractivity contribution in [2.75, 3.05) is 13.7 Å². The van der Waals surface area contributed by atoms with E-state index >= 15 is 0 Å². The van der Waals surface area contributed by atoms with Crippen molar-refractivity contribution in [3.63, 3.8) is 0 Å². The third-order valence-corrected chi connectivity index (χ3v) is 5.18. The van der Waals surface area contributed by atoms with Gasteiger partial charge in [0.25, 0.3) is 0 Å². The summed E-state index contributed by atoms with van der Waals surface area (Å²) in [7, 11) is 1.72. The lowest BCUT2D eigenvalue weighted by atomic mass is 9.79. The number of carbonyl (C=O) groups is 2. The van der Waals surface area contributed by atoms with Crippen LogP contribution in [0, 0.1) is 0 Å². The first-order valence-electron chi connectivity index (χ1n) is 7.79. The van der Waals surface area contributed by atoms with Crippen molar-refractivity contribution in [1.82, 2.24) is 10.2 Å². The molecular weight excluding hydrogens is 256 g/mol. The van der Waals surface area contributed by atoms with E-state index in [4.69, 9.17) is 4.74 Å². The molecule has 0 radical (unpaired) electrons. The van der Waals surface area contributed by atoms with Crippen LogP contribution in [0.1, 0.15) is 51.4 Å². The number of ether oxygens (including phenoxy) is 1. The van der Waals surface area contributed by atoms with Crippen molar-refractivity contribution >= 4 is 11.8 Å². The molecule has 0 unspecified atom stereocenters. The number of rotatable bonds is 2. The Balaban J connectivity index is 1.77. The Hall–Kier alpha value is -1.10. The van der Waals surface area contributed by atoms with Crippen LogP contribution in [0.4, 0.5) is 0 Å². The van der Waals surface area contributed by atoms with Crippen LogP contribution >= 0.6 is 0 Å². The highest BCUT2D eigenvalue weighted by molar-refractivity contribution is 5.93. The molecule has 1 aliphatic heterocycles. The number of hydrogen-bond donors (Lipinski definition) is 1. The molecule has 0 bridgehead atoms.